The molecular weight excluding hydrogens is 390 g/mol. The van der Waals surface area contributed by atoms with E-state index in [1.807, 2.05) is 0 Å². The summed E-state index contributed by atoms with van der Waals surface area (Å²) in [6, 6.07) is 6.12. The van der Waals surface area contributed by atoms with Gasteiger partial charge in [-0.05, 0) is 56.4 Å². The number of piperidine rings is 1. The number of anilines is 1. The van der Waals surface area contributed by atoms with Crippen LogP contribution in [0, 0.1) is 5.92 Å². The van der Waals surface area contributed by atoms with E-state index in [0.717, 1.165) is 30.5 Å². The minimum Gasteiger partial charge on any atom is -0.338 e. The van der Waals surface area contributed by atoms with Crippen molar-refractivity contribution in [3.8, 4) is 0 Å². The number of fused-ring (bicyclic) bond motifs is 1. The van der Waals surface area contributed by atoms with Crippen LogP contribution in [0.15, 0.2) is 33.7 Å². The summed E-state index contributed by atoms with van der Waals surface area (Å²) in [5.74, 6) is 0.0666. The normalized spacial score (nSPS) is 18.4. The number of benzene rings is 1. The fourth-order valence-corrected chi connectivity index (χ4v) is 5.25. The van der Waals surface area contributed by atoms with Crippen LogP contribution in [0.2, 0.25) is 5.02 Å². The lowest BCUT2D eigenvalue weighted by molar-refractivity contribution is -0.121. The quantitative estimate of drug-likeness (QED) is 0.838. The highest BCUT2D eigenvalue weighted by molar-refractivity contribution is 7.89. The lowest BCUT2D eigenvalue weighted by atomic mass is 9.97. The summed E-state index contributed by atoms with van der Waals surface area (Å²) in [5.41, 5.74) is 1.92. The number of nitrogens with one attached hydrogen (secondary N) is 1. The second-order valence-electron chi connectivity index (χ2n) is 6.91. The van der Waals surface area contributed by atoms with Crippen LogP contribution in [-0.4, -0.2) is 36.9 Å². The zero-order valence-electron chi connectivity index (χ0n) is 14.7. The summed E-state index contributed by atoms with van der Waals surface area (Å²) in [5, 5.41) is 7.31. The van der Waals surface area contributed by atoms with Gasteiger partial charge in [0, 0.05) is 29.6 Å². The first-order valence-corrected chi connectivity index (χ1v) is 10.8. The van der Waals surface area contributed by atoms with Gasteiger partial charge in [0.05, 0.1) is 10.6 Å². The number of hydrogen-bond acceptors (Lipinski definition) is 5. The molecule has 7 nitrogen and oxygen atoms in total. The zero-order valence-corrected chi connectivity index (χ0v) is 16.2. The Morgan fingerprint density at radius 3 is 2.59 bits per heavy atom. The van der Waals surface area contributed by atoms with Crippen molar-refractivity contribution in [3.05, 3.63) is 40.5 Å². The molecule has 2 aliphatic rings. The predicted octanol–water partition coefficient (Wildman–Crippen LogP) is 2.86. The number of halogens is 1. The maximum atomic E-state index is 12.7. The Hall–Kier alpha value is -1.90. The minimum atomic E-state index is -3.57. The van der Waals surface area contributed by atoms with Crippen LogP contribution in [0.5, 0.6) is 0 Å². The molecular formula is C18H20ClN3O4S. The number of carbonyl (C=O) groups excluding carboxylic acids is 1. The molecule has 0 spiro atoms. The van der Waals surface area contributed by atoms with Crippen LogP contribution in [0.25, 0.3) is 0 Å². The number of nitrogens with zero attached hydrogens (tertiary/aromatic N) is 2. The van der Waals surface area contributed by atoms with Gasteiger partial charge < -0.3 is 4.52 Å². The molecule has 2 aromatic rings. The minimum absolute atomic E-state index is 0.135. The van der Waals surface area contributed by atoms with Gasteiger partial charge in [0.1, 0.15) is 0 Å². The lowest BCUT2D eigenvalue weighted by Gasteiger charge is -2.30. The number of hydrogen-bond donors (Lipinski definition) is 1. The Balaban J connectivity index is 1.38. The van der Waals surface area contributed by atoms with Crippen LogP contribution < -0.4 is 5.32 Å². The van der Waals surface area contributed by atoms with Crippen molar-refractivity contribution in [2.45, 2.75) is 37.0 Å². The molecule has 1 aromatic heterocycles. The van der Waals surface area contributed by atoms with Gasteiger partial charge in [-0.25, -0.2) is 8.42 Å². The number of rotatable bonds is 4. The highest BCUT2D eigenvalue weighted by Gasteiger charge is 2.33. The molecule has 1 saturated heterocycles. The molecule has 1 fully saturated rings. The molecule has 1 aromatic carbocycles. The number of aromatic nitrogens is 1. The molecule has 0 radical (unpaired) electrons. The SMILES string of the molecule is O=C(Nc1onc2c1CCC2)C1CCN(S(=O)(=O)c2ccc(Cl)cc2)CC1. The fraction of sp³-hybridized carbons (Fsp3) is 0.444. The van der Waals surface area contributed by atoms with Crippen molar-refractivity contribution in [3.63, 3.8) is 0 Å². The molecule has 1 aliphatic heterocycles. The zero-order chi connectivity index (χ0) is 19.0. The second-order valence-corrected chi connectivity index (χ2v) is 9.29. The van der Waals surface area contributed by atoms with Gasteiger partial charge in [0.25, 0.3) is 0 Å². The van der Waals surface area contributed by atoms with E-state index in [-0.39, 0.29) is 16.7 Å². The van der Waals surface area contributed by atoms with Crippen LogP contribution in [0.3, 0.4) is 0 Å². The molecule has 1 N–H and O–H groups in total. The van der Waals surface area contributed by atoms with Crippen molar-refractivity contribution in [1.29, 1.82) is 0 Å². The summed E-state index contributed by atoms with van der Waals surface area (Å²) in [6.07, 6.45) is 3.71. The lowest BCUT2D eigenvalue weighted by Crippen LogP contribution is -2.41. The predicted molar refractivity (Wildman–Crippen MR) is 100 cm³/mol. The first-order chi connectivity index (χ1) is 12.9. The highest BCUT2D eigenvalue weighted by Crippen LogP contribution is 2.30. The number of amides is 1. The van der Waals surface area contributed by atoms with E-state index >= 15 is 0 Å². The van der Waals surface area contributed by atoms with Crippen molar-refractivity contribution in [2.24, 2.45) is 5.92 Å². The first kappa shape index (κ1) is 18.5. The van der Waals surface area contributed by atoms with Gasteiger partial charge >= 0.3 is 0 Å². The van der Waals surface area contributed by atoms with Crippen molar-refractivity contribution in [1.82, 2.24) is 9.46 Å². The van der Waals surface area contributed by atoms with Gasteiger partial charge in [-0.15, -0.1) is 0 Å². The van der Waals surface area contributed by atoms with E-state index in [1.165, 1.54) is 16.4 Å². The molecule has 0 unspecified atom stereocenters. The van der Waals surface area contributed by atoms with Crippen LogP contribution >= 0.6 is 11.6 Å². The third kappa shape index (κ3) is 3.61. The van der Waals surface area contributed by atoms with E-state index in [2.05, 4.69) is 10.5 Å². The molecule has 4 rings (SSSR count). The molecule has 1 amide bonds. The summed E-state index contributed by atoms with van der Waals surface area (Å²) < 4.78 is 32.1. The number of sulfonamides is 1. The Morgan fingerprint density at radius 1 is 1.19 bits per heavy atom. The van der Waals surface area contributed by atoms with E-state index < -0.39 is 10.0 Å². The fourth-order valence-electron chi connectivity index (χ4n) is 3.66. The van der Waals surface area contributed by atoms with E-state index in [1.54, 1.807) is 12.1 Å². The summed E-state index contributed by atoms with van der Waals surface area (Å²) in [6.45, 7) is 0.606. The Kier molecular flexibility index (Phi) is 4.96. The van der Waals surface area contributed by atoms with Gasteiger partial charge in [0.2, 0.25) is 21.8 Å². The maximum Gasteiger partial charge on any atom is 0.243 e. The smallest absolute Gasteiger partial charge is 0.243 e. The third-order valence-corrected chi connectivity index (χ3v) is 7.39. The van der Waals surface area contributed by atoms with Gasteiger partial charge in [-0.1, -0.05) is 16.8 Å². The largest absolute Gasteiger partial charge is 0.338 e. The maximum absolute atomic E-state index is 12.7. The average molecular weight is 410 g/mol. The van der Waals surface area contributed by atoms with Gasteiger partial charge in [-0.3, -0.25) is 10.1 Å². The number of carbonyl (C=O) groups is 1. The molecule has 0 bridgehead atoms. The summed E-state index contributed by atoms with van der Waals surface area (Å²) in [4.78, 5) is 12.8. The van der Waals surface area contributed by atoms with Crippen molar-refractivity contribution >= 4 is 33.4 Å². The molecule has 9 heteroatoms. The van der Waals surface area contributed by atoms with E-state index in [9.17, 15) is 13.2 Å². The molecule has 0 atom stereocenters. The summed E-state index contributed by atoms with van der Waals surface area (Å²) >= 11 is 5.83. The topological polar surface area (TPSA) is 92.5 Å². The van der Waals surface area contributed by atoms with Crippen LogP contribution in [0.4, 0.5) is 5.88 Å². The average Bonchev–Trinajstić information content (AvgIpc) is 3.27. The monoisotopic (exact) mass is 409 g/mol. The van der Waals surface area contributed by atoms with Crippen LogP contribution in [-0.2, 0) is 27.7 Å². The molecule has 27 heavy (non-hydrogen) atoms. The molecule has 144 valence electrons. The highest BCUT2D eigenvalue weighted by atomic mass is 35.5. The van der Waals surface area contributed by atoms with Crippen LogP contribution in [0.1, 0.15) is 30.5 Å². The second kappa shape index (κ2) is 7.26. The van der Waals surface area contributed by atoms with E-state index in [0.29, 0.717) is 36.8 Å². The summed E-state index contributed by atoms with van der Waals surface area (Å²) in [7, 11) is -3.57. The first-order valence-electron chi connectivity index (χ1n) is 8.99. The molecule has 0 saturated carbocycles. The van der Waals surface area contributed by atoms with Crippen molar-refractivity contribution in [2.75, 3.05) is 18.4 Å². The van der Waals surface area contributed by atoms with Gasteiger partial charge in [-0.2, -0.15) is 4.31 Å². The van der Waals surface area contributed by atoms with E-state index in [4.69, 9.17) is 16.1 Å². The molecule has 1 aliphatic carbocycles. The Bertz CT molecular complexity index is 947. The Labute approximate surface area is 162 Å². The Morgan fingerprint density at radius 2 is 1.89 bits per heavy atom. The van der Waals surface area contributed by atoms with Crippen molar-refractivity contribution < 1.29 is 17.7 Å². The third-order valence-electron chi connectivity index (χ3n) is 5.22. The van der Waals surface area contributed by atoms with Gasteiger partial charge in [0.15, 0.2) is 0 Å². The standard InChI is InChI=1S/C18H20ClN3O4S/c19-13-4-6-14(7-5-13)27(24,25)22-10-8-12(9-11-22)17(23)20-18-15-2-1-3-16(15)21-26-18/h4-7,12H,1-3,8-11H2,(H,20,23). The number of aryl methyl sites for hydroxylation is 1. The molecule has 2 heterocycles.